The van der Waals surface area contributed by atoms with Crippen LogP contribution in [0.1, 0.15) is 51.4 Å². The smallest absolute Gasteiger partial charge is 0.242 e. The summed E-state index contributed by atoms with van der Waals surface area (Å²) in [7, 11) is 0. The number of carbonyl (C=O) groups excluding carboxylic acids is 1. The van der Waals surface area contributed by atoms with Crippen molar-refractivity contribution in [2.75, 3.05) is 45.9 Å². The molecule has 3 aliphatic rings. The first-order valence-electron chi connectivity index (χ1n) is 9.56. The second-order valence-electron chi connectivity index (χ2n) is 7.72. The molecule has 3 fully saturated rings. The lowest BCUT2D eigenvalue weighted by Gasteiger charge is -2.36. The molecule has 25 heavy (non-hydrogen) atoms. The molecule has 0 aromatic carbocycles. The minimum atomic E-state index is -0.684. The third kappa shape index (κ3) is 6.24. The summed E-state index contributed by atoms with van der Waals surface area (Å²) in [5, 5.41) is 0. The van der Waals surface area contributed by atoms with Crippen LogP contribution in [0.15, 0.2) is 0 Å². The van der Waals surface area contributed by atoms with Crippen molar-refractivity contribution in [3.63, 3.8) is 0 Å². The topological polar surface area (TPSA) is 58.8 Å². The summed E-state index contributed by atoms with van der Waals surface area (Å²) < 4.78 is 5.37. The second kappa shape index (κ2) is 10.9. The highest BCUT2D eigenvalue weighted by molar-refractivity contribution is 5.86. The Morgan fingerprint density at radius 1 is 0.960 bits per heavy atom. The SMILES string of the molecule is Cl.Cl.NC1(C(=O)N2CCCN(CC3CCCCC3)CC2)CCOCC1. The van der Waals surface area contributed by atoms with E-state index in [4.69, 9.17) is 10.5 Å². The number of hydrogen-bond donors (Lipinski definition) is 1. The van der Waals surface area contributed by atoms with Gasteiger partial charge in [-0.1, -0.05) is 19.3 Å². The van der Waals surface area contributed by atoms with E-state index in [1.54, 1.807) is 0 Å². The molecule has 2 saturated heterocycles. The molecular weight excluding hydrogens is 361 g/mol. The second-order valence-corrected chi connectivity index (χ2v) is 7.72. The Labute approximate surface area is 164 Å². The fourth-order valence-electron chi connectivity index (χ4n) is 4.36. The van der Waals surface area contributed by atoms with Gasteiger partial charge in [0.05, 0.1) is 5.54 Å². The van der Waals surface area contributed by atoms with E-state index in [2.05, 4.69) is 4.90 Å². The summed E-state index contributed by atoms with van der Waals surface area (Å²) in [6.07, 6.45) is 9.41. The van der Waals surface area contributed by atoms with E-state index in [9.17, 15) is 4.79 Å². The van der Waals surface area contributed by atoms with Gasteiger partial charge in [-0.2, -0.15) is 0 Å². The molecule has 1 saturated carbocycles. The van der Waals surface area contributed by atoms with Gasteiger partial charge in [0.25, 0.3) is 0 Å². The van der Waals surface area contributed by atoms with Crippen molar-refractivity contribution < 1.29 is 9.53 Å². The zero-order chi connectivity index (χ0) is 16.1. The van der Waals surface area contributed by atoms with Crippen LogP contribution in [-0.2, 0) is 9.53 Å². The van der Waals surface area contributed by atoms with E-state index in [0.29, 0.717) is 26.1 Å². The number of halogens is 2. The molecule has 0 atom stereocenters. The standard InChI is InChI=1S/C18H33N3O2.2ClH/c19-18(7-13-23-14-8-18)17(22)21-10-4-9-20(11-12-21)15-16-5-2-1-3-6-16;;/h16H,1-15,19H2;2*1H. The van der Waals surface area contributed by atoms with Gasteiger partial charge in [0.2, 0.25) is 5.91 Å². The van der Waals surface area contributed by atoms with E-state index >= 15 is 0 Å². The molecule has 2 heterocycles. The molecule has 0 unspecified atom stereocenters. The van der Waals surface area contributed by atoms with Crippen molar-refractivity contribution in [1.82, 2.24) is 9.80 Å². The Balaban J connectivity index is 0.00000156. The first-order chi connectivity index (χ1) is 11.2. The van der Waals surface area contributed by atoms with Gasteiger partial charge < -0.3 is 20.3 Å². The number of rotatable bonds is 3. The fourth-order valence-corrected chi connectivity index (χ4v) is 4.36. The third-order valence-electron chi connectivity index (χ3n) is 5.93. The van der Waals surface area contributed by atoms with Gasteiger partial charge in [0.1, 0.15) is 0 Å². The molecule has 0 aromatic heterocycles. The fraction of sp³-hybridized carbons (Fsp3) is 0.944. The normalized spacial score (nSPS) is 25.4. The molecule has 2 aliphatic heterocycles. The number of nitrogens with two attached hydrogens (primary N) is 1. The van der Waals surface area contributed by atoms with Gasteiger partial charge in [-0.25, -0.2) is 0 Å². The molecule has 7 heteroatoms. The highest BCUT2D eigenvalue weighted by atomic mass is 35.5. The van der Waals surface area contributed by atoms with Crippen LogP contribution in [0.5, 0.6) is 0 Å². The van der Waals surface area contributed by atoms with Crippen molar-refractivity contribution in [3.05, 3.63) is 0 Å². The maximum absolute atomic E-state index is 12.9. The summed E-state index contributed by atoms with van der Waals surface area (Å²) in [5.41, 5.74) is 5.70. The van der Waals surface area contributed by atoms with Crippen LogP contribution in [0.4, 0.5) is 0 Å². The maximum Gasteiger partial charge on any atom is 0.242 e. The Hall–Kier alpha value is -0.0700. The molecule has 2 N–H and O–H groups in total. The highest BCUT2D eigenvalue weighted by Gasteiger charge is 2.39. The molecule has 148 valence electrons. The first kappa shape index (κ1) is 23.0. The Morgan fingerprint density at radius 3 is 2.32 bits per heavy atom. The largest absolute Gasteiger partial charge is 0.381 e. The molecule has 5 nitrogen and oxygen atoms in total. The van der Waals surface area contributed by atoms with Crippen LogP contribution in [0, 0.1) is 5.92 Å². The Morgan fingerprint density at radius 2 is 1.64 bits per heavy atom. The number of ether oxygens (including phenoxy) is 1. The van der Waals surface area contributed by atoms with Gasteiger partial charge in [-0.15, -0.1) is 24.8 Å². The lowest BCUT2D eigenvalue weighted by molar-refractivity contribution is -0.140. The van der Waals surface area contributed by atoms with Gasteiger partial charge in [-0.3, -0.25) is 4.79 Å². The number of carbonyl (C=O) groups is 1. The van der Waals surface area contributed by atoms with Crippen LogP contribution in [0.25, 0.3) is 0 Å². The van der Waals surface area contributed by atoms with Crippen molar-refractivity contribution in [1.29, 1.82) is 0 Å². The van der Waals surface area contributed by atoms with Crippen molar-refractivity contribution in [2.45, 2.75) is 56.9 Å². The summed E-state index contributed by atoms with van der Waals surface area (Å²) in [4.78, 5) is 17.5. The van der Waals surface area contributed by atoms with Gasteiger partial charge in [0, 0.05) is 39.4 Å². The molecule has 0 radical (unpaired) electrons. The first-order valence-corrected chi connectivity index (χ1v) is 9.56. The predicted molar refractivity (Wildman–Crippen MR) is 106 cm³/mol. The predicted octanol–water partition coefficient (Wildman–Crippen LogP) is 2.45. The number of amides is 1. The Bertz CT molecular complexity index is 400. The van der Waals surface area contributed by atoms with E-state index in [1.165, 1.54) is 38.6 Å². The molecule has 0 aromatic rings. The van der Waals surface area contributed by atoms with Gasteiger partial charge >= 0.3 is 0 Å². The van der Waals surface area contributed by atoms with Crippen LogP contribution in [-0.4, -0.2) is 67.2 Å². The van der Waals surface area contributed by atoms with Crippen LogP contribution < -0.4 is 5.73 Å². The molecule has 1 amide bonds. The van der Waals surface area contributed by atoms with Crippen molar-refractivity contribution in [3.8, 4) is 0 Å². The average molecular weight is 396 g/mol. The van der Waals surface area contributed by atoms with Crippen LogP contribution >= 0.6 is 24.8 Å². The minimum Gasteiger partial charge on any atom is -0.381 e. The third-order valence-corrected chi connectivity index (χ3v) is 5.93. The summed E-state index contributed by atoms with van der Waals surface area (Å²) in [6.45, 7) is 6.29. The van der Waals surface area contributed by atoms with Crippen LogP contribution in [0.3, 0.4) is 0 Å². The highest BCUT2D eigenvalue weighted by Crippen LogP contribution is 2.25. The lowest BCUT2D eigenvalue weighted by atomic mass is 9.89. The molecule has 0 spiro atoms. The van der Waals surface area contributed by atoms with Gasteiger partial charge in [0.15, 0.2) is 0 Å². The molecule has 3 rings (SSSR count). The monoisotopic (exact) mass is 395 g/mol. The zero-order valence-electron chi connectivity index (χ0n) is 15.3. The molecule has 0 bridgehead atoms. The van der Waals surface area contributed by atoms with E-state index < -0.39 is 5.54 Å². The zero-order valence-corrected chi connectivity index (χ0v) is 16.9. The van der Waals surface area contributed by atoms with E-state index in [0.717, 1.165) is 38.5 Å². The summed E-state index contributed by atoms with van der Waals surface area (Å²) in [6, 6.07) is 0. The van der Waals surface area contributed by atoms with E-state index in [-0.39, 0.29) is 30.7 Å². The van der Waals surface area contributed by atoms with Crippen molar-refractivity contribution >= 4 is 30.7 Å². The molecule has 1 aliphatic carbocycles. The Kier molecular flexibility index (Phi) is 10.0. The quantitative estimate of drug-likeness (QED) is 0.796. The van der Waals surface area contributed by atoms with Crippen molar-refractivity contribution in [2.24, 2.45) is 11.7 Å². The maximum atomic E-state index is 12.9. The summed E-state index contributed by atoms with van der Waals surface area (Å²) in [5.74, 6) is 1.03. The van der Waals surface area contributed by atoms with E-state index in [1.807, 2.05) is 4.90 Å². The van der Waals surface area contributed by atoms with Crippen LogP contribution in [0.2, 0.25) is 0 Å². The minimum absolute atomic E-state index is 0. The summed E-state index contributed by atoms with van der Waals surface area (Å²) >= 11 is 0. The molecular formula is C18H35Cl2N3O2. The number of nitrogens with zero attached hydrogens (tertiary/aromatic N) is 2. The number of hydrogen-bond acceptors (Lipinski definition) is 4. The van der Waals surface area contributed by atoms with Gasteiger partial charge in [-0.05, 0) is 44.6 Å². The average Bonchev–Trinajstić information content (AvgIpc) is 2.81. The lowest BCUT2D eigenvalue weighted by Crippen LogP contribution is -2.58.